The zero-order chi connectivity index (χ0) is 38.7. The molecule has 13 heteroatoms. The molecule has 0 spiro atoms. The van der Waals surface area contributed by atoms with Crippen LogP contribution in [0.4, 0.5) is 10.2 Å². The molecular weight excluding hydrogens is 707 g/mol. The molecule has 6 aromatic rings. The molecule has 0 radical (unpaired) electrons. The highest BCUT2D eigenvalue weighted by Gasteiger charge is 2.68. The van der Waals surface area contributed by atoms with E-state index in [1.807, 2.05) is 0 Å². The number of carbonyl (C=O) groups excluding carboxylic acids is 2. The van der Waals surface area contributed by atoms with E-state index in [0.29, 0.717) is 10.9 Å². The number of aromatic nitrogens is 3. The van der Waals surface area contributed by atoms with Gasteiger partial charge in [0.05, 0.1) is 28.0 Å². The Morgan fingerprint density at radius 1 is 0.836 bits per heavy atom. The first-order valence-electron chi connectivity index (χ1n) is 16.9. The summed E-state index contributed by atoms with van der Waals surface area (Å²) in [5.41, 5.74) is -2.10. The van der Waals surface area contributed by atoms with Crippen LogP contribution in [0.5, 0.6) is 0 Å². The Morgan fingerprint density at radius 3 is 2.13 bits per heavy atom. The van der Waals surface area contributed by atoms with Gasteiger partial charge in [0.1, 0.15) is 23.2 Å². The molecule has 1 fully saturated rings. The number of halogens is 1. The number of alkyl halides is 1. The number of carbonyl (C=O) groups is 4. The molecule has 12 nitrogen and oxygen atoms in total. The van der Waals surface area contributed by atoms with Crippen molar-refractivity contribution >= 4 is 40.7 Å². The second-order valence-electron chi connectivity index (χ2n) is 12.6. The second-order valence-corrected chi connectivity index (χ2v) is 12.6. The third-order valence-electron chi connectivity index (χ3n) is 9.46. The Hall–Kier alpha value is -7.17. The van der Waals surface area contributed by atoms with Gasteiger partial charge in [0.2, 0.25) is 0 Å². The van der Waals surface area contributed by atoms with Gasteiger partial charge in [0.15, 0.2) is 12.8 Å². The minimum Gasteiger partial charge on any atom is -0.478 e. The van der Waals surface area contributed by atoms with Gasteiger partial charge >= 0.3 is 17.9 Å². The molecule has 4 aromatic carbocycles. The summed E-state index contributed by atoms with van der Waals surface area (Å²) in [6.45, 7) is 0.425. The number of nitrogens with zero attached hydrogens (tertiary/aromatic N) is 3. The number of ether oxygens (including phenoxy) is 2. The lowest BCUT2D eigenvalue weighted by Crippen LogP contribution is -2.43. The van der Waals surface area contributed by atoms with Gasteiger partial charge in [-0.05, 0) is 60.5 Å². The first kappa shape index (κ1) is 36.2. The molecule has 274 valence electrons. The molecule has 0 unspecified atom stereocenters. The molecule has 0 bridgehead atoms. The van der Waals surface area contributed by atoms with Crippen LogP contribution in [-0.4, -0.2) is 61.0 Å². The Kier molecular flexibility index (Phi) is 9.67. The van der Waals surface area contributed by atoms with Gasteiger partial charge in [0, 0.05) is 11.8 Å². The lowest BCUT2D eigenvalue weighted by Gasteiger charge is -2.37. The van der Waals surface area contributed by atoms with Gasteiger partial charge in [-0.25, -0.2) is 28.7 Å². The van der Waals surface area contributed by atoms with Crippen LogP contribution in [0.1, 0.15) is 71.6 Å². The zero-order valence-electron chi connectivity index (χ0n) is 29.0. The van der Waals surface area contributed by atoms with Gasteiger partial charge in [0.25, 0.3) is 11.8 Å². The molecule has 0 aliphatic carbocycles. The minimum absolute atomic E-state index is 0.00513. The number of carboxylic acids is 2. The molecule has 55 heavy (non-hydrogen) atoms. The van der Waals surface area contributed by atoms with Crippen LogP contribution in [-0.2, 0) is 14.9 Å². The molecule has 1 aliphatic rings. The quantitative estimate of drug-likeness (QED) is 0.0995. The van der Waals surface area contributed by atoms with Crippen molar-refractivity contribution in [3.05, 3.63) is 161 Å². The van der Waals surface area contributed by atoms with Crippen molar-refractivity contribution in [1.29, 1.82) is 0 Å². The number of rotatable bonds is 10. The molecule has 7 rings (SSSR count). The maximum Gasteiger partial charge on any atom is 0.338 e. The minimum atomic E-state index is -3.05. The molecule has 2 aromatic heterocycles. The summed E-state index contributed by atoms with van der Waals surface area (Å²) in [7, 11) is 0. The van der Waals surface area contributed by atoms with Gasteiger partial charge < -0.3 is 29.6 Å². The lowest BCUT2D eigenvalue weighted by molar-refractivity contribution is -0.184. The van der Waals surface area contributed by atoms with Crippen LogP contribution in [0, 0.1) is 11.8 Å². The average molecular weight is 739 g/mol. The number of anilines is 1. The standard InChI is InChI=1S/C42H31FN4O8/c1-2-22-41(32-20-12-11-19-30(32)38(51)52)33(28-17-9-10-18-29(28)37(49)50)42(43,24-54-39(53)27-15-7-4-8-16-27)55-40(41)47-23-21-31-34(44-25-45-35(31)47)46-36(48)26-13-5-3-6-14-26/h3-21,23,25,33,40H,24H2,1H3,(H,49,50)(H,51,52)(H,44,45,46,48)/t33-,40+,41+,42-/m0/s1. The highest BCUT2D eigenvalue weighted by molar-refractivity contribution is 6.07. The van der Waals surface area contributed by atoms with Crippen LogP contribution in [0.2, 0.25) is 0 Å². The third-order valence-corrected chi connectivity index (χ3v) is 9.46. The highest BCUT2D eigenvalue weighted by Crippen LogP contribution is 2.62. The molecule has 1 aliphatic heterocycles. The molecule has 3 heterocycles. The number of nitrogens with one attached hydrogen (secondary N) is 1. The van der Waals surface area contributed by atoms with Crippen LogP contribution >= 0.6 is 0 Å². The van der Waals surface area contributed by atoms with Crippen LogP contribution in [0.25, 0.3) is 11.0 Å². The first-order chi connectivity index (χ1) is 26.6. The van der Waals surface area contributed by atoms with Crippen molar-refractivity contribution in [3.8, 4) is 11.8 Å². The smallest absolute Gasteiger partial charge is 0.338 e. The Bertz CT molecular complexity index is 2520. The van der Waals surface area contributed by atoms with E-state index in [-0.39, 0.29) is 39.3 Å². The van der Waals surface area contributed by atoms with E-state index < -0.39 is 53.8 Å². The number of carboxylic acid groups (broad SMARTS) is 2. The summed E-state index contributed by atoms with van der Waals surface area (Å²) < 4.78 is 31.9. The predicted molar refractivity (Wildman–Crippen MR) is 197 cm³/mol. The Labute approximate surface area is 313 Å². The average Bonchev–Trinajstić information content (AvgIpc) is 3.75. The van der Waals surface area contributed by atoms with Crippen molar-refractivity contribution in [3.63, 3.8) is 0 Å². The second kappa shape index (κ2) is 14.7. The van der Waals surface area contributed by atoms with Crippen molar-refractivity contribution < 1.29 is 43.3 Å². The summed E-state index contributed by atoms with van der Waals surface area (Å²) in [5, 5.41) is 24.0. The molecule has 1 saturated heterocycles. The monoisotopic (exact) mass is 738 g/mol. The van der Waals surface area contributed by atoms with Crippen LogP contribution in [0.15, 0.2) is 128 Å². The van der Waals surface area contributed by atoms with E-state index in [1.54, 1.807) is 60.7 Å². The van der Waals surface area contributed by atoms with Gasteiger partial charge in [-0.1, -0.05) is 78.7 Å². The number of esters is 1. The zero-order valence-corrected chi connectivity index (χ0v) is 29.0. The molecule has 3 N–H and O–H groups in total. The summed E-state index contributed by atoms with van der Waals surface area (Å²) >= 11 is 0. The molecule has 4 atom stereocenters. The first-order valence-corrected chi connectivity index (χ1v) is 16.9. The third kappa shape index (κ3) is 6.45. The summed E-state index contributed by atoms with van der Waals surface area (Å²) in [6, 6.07) is 29.4. The fourth-order valence-corrected chi connectivity index (χ4v) is 7.22. The van der Waals surface area contributed by atoms with E-state index in [0.717, 1.165) is 0 Å². The number of hydrogen-bond acceptors (Lipinski definition) is 8. The number of hydrogen-bond donors (Lipinski definition) is 3. The maximum absolute atomic E-state index is 18.5. The molecular formula is C42H31FN4O8. The Morgan fingerprint density at radius 2 is 1.45 bits per heavy atom. The number of fused-ring (bicyclic) bond motifs is 1. The van der Waals surface area contributed by atoms with Crippen molar-refractivity contribution in [2.75, 3.05) is 11.9 Å². The fourth-order valence-electron chi connectivity index (χ4n) is 7.22. The van der Waals surface area contributed by atoms with Crippen molar-refractivity contribution in [2.45, 2.75) is 30.3 Å². The SMILES string of the molecule is CC#C[C@]1(c2ccccc2C(=O)O)[C@H](n2ccc3c(NC(=O)c4ccccc4)ncnc32)O[C@@](F)(COC(=O)c2ccccc2)[C@H]1c1ccccc1C(=O)O. The van der Waals surface area contributed by atoms with E-state index in [1.165, 1.54) is 78.6 Å². The lowest BCUT2D eigenvalue weighted by atomic mass is 9.64. The van der Waals surface area contributed by atoms with Crippen molar-refractivity contribution in [1.82, 2.24) is 14.5 Å². The number of amides is 1. The van der Waals surface area contributed by atoms with Gasteiger partial charge in [-0.15, -0.1) is 5.92 Å². The van der Waals surface area contributed by atoms with Crippen LogP contribution < -0.4 is 5.32 Å². The predicted octanol–water partition coefficient (Wildman–Crippen LogP) is 6.88. The summed E-state index contributed by atoms with van der Waals surface area (Å²) in [5.74, 6) is -2.86. The van der Waals surface area contributed by atoms with E-state index in [2.05, 4.69) is 27.1 Å². The maximum atomic E-state index is 18.5. The molecule has 0 saturated carbocycles. The van der Waals surface area contributed by atoms with Crippen LogP contribution in [0.3, 0.4) is 0 Å². The van der Waals surface area contributed by atoms with E-state index >= 15 is 4.39 Å². The highest BCUT2D eigenvalue weighted by atomic mass is 19.2. The van der Waals surface area contributed by atoms with Gasteiger partial charge in [-0.2, -0.15) is 0 Å². The molecule has 1 amide bonds. The van der Waals surface area contributed by atoms with Crippen molar-refractivity contribution in [2.24, 2.45) is 0 Å². The van der Waals surface area contributed by atoms with Gasteiger partial charge in [-0.3, -0.25) is 4.79 Å². The normalized spacial score (nSPS) is 20.3. The topological polar surface area (TPSA) is 170 Å². The fraction of sp³-hybridized carbons (Fsp3) is 0.143. The largest absolute Gasteiger partial charge is 0.478 e. The summed E-state index contributed by atoms with van der Waals surface area (Å²) in [6.07, 6.45) is 1.09. The Balaban J connectivity index is 1.48. The van der Waals surface area contributed by atoms with E-state index in [9.17, 15) is 29.4 Å². The number of aromatic carboxylic acids is 2. The summed E-state index contributed by atoms with van der Waals surface area (Å²) in [4.78, 5) is 60.9. The number of benzene rings is 4. The van der Waals surface area contributed by atoms with E-state index in [4.69, 9.17) is 9.47 Å².